The Morgan fingerprint density at radius 1 is 1.47 bits per heavy atom. The van der Waals surface area contributed by atoms with Crippen LogP contribution in [0.25, 0.3) is 0 Å². The van der Waals surface area contributed by atoms with Gasteiger partial charge in [0.15, 0.2) is 11.5 Å². The highest BCUT2D eigenvalue weighted by Crippen LogP contribution is 2.29. The number of benzene rings is 1. The molecular formula is C15H21NO3. The first-order valence-electron chi connectivity index (χ1n) is 6.82. The lowest BCUT2D eigenvalue weighted by Crippen LogP contribution is -2.37. The molecule has 104 valence electrons. The lowest BCUT2D eigenvalue weighted by atomic mass is 9.85. The largest absolute Gasteiger partial charge is 0.504 e. The first-order valence-corrected chi connectivity index (χ1v) is 6.82. The summed E-state index contributed by atoms with van der Waals surface area (Å²) < 4.78 is 4.98. The topological polar surface area (TPSA) is 49.8 Å². The molecule has 0 saturated heterocycles. The Hall–Kier alpha value is -1.71. The van der Waals surface area contributed by atoms with Crippen molar-refractivity contribution in [2.45, 2.75) is 26.2 Å². The van der Waals surface area contributed by atoms with Gasteiger partial charge >= 0.3 is 0 Å². The van der Waals surface area contributed by atoms with Crippen LogP contribution in [0, 0.1) is 5.92 Å². The van der Waals surface area contributed by atoms with E-state index in [0.29, 0.717) is 23.8 Å². The minimum atomic E-state index is -0.0210. The van der Waals surface area contributed by atoms with E-state index in [2.05, 4.69) is 0 Å². The highest BCUT2D eigenvalue weighted by atomic mass is 16.5. The maximum absolute atomic E-state index is 12.4. The fourth-order valence-electron chi connectivity index (χ4n) is 2.35. The van der Waals surface area contributed by atoms with Crippen molar-refractivity contribution in [1.82, 2.24) is 4.90 Å². The standard InChI is InChI=1S/C15H21NO3/c1-3-16(10-11-5-4-6-11)15(18)12-7-8-14(19-2)13(17)9-12/h7-9,11,17H,3-6,10H2,1-2H3. The van der Waals surface area contributed by atoms with Crippen LogP contribution in [0.5, 0.6) is 11.5 Å². The molecular weight excluding hydrogens is 242 g/mol. The molecule has 1 aromatic rings. The third-order valence-corrected chi connectivity index (χ3v) is 3.80. The van der Waals surface area contributed by atoms with Crippen molar-refractivity contribution in [3.63, 3.8) is 0 Å². The quantitative estimate of drug-likeness (QED) is 0.888. The third-order valence-electron chi connectivity index (χ3n) is 3.80. The van der Waals surface area contributed by atoms with Gasteiger partial charge in [-0.15, -0.1) is 0 Å². The number of rotatable bonds is 5. The molecule has 0 aromatic heterocycles. The lowest BCUT2D eigenvalue weighted by molar-refractivity contribution is 0.0706. The highest BCUT2D eigenvalue weighted by molar-refractivity contribution is 5.94. The van der Waals surface area contributed by atoms with E-state index in [0.717, 1.165) is 6.54 Å². The maximum Gasteiger partial charge on any atom is 0.253 e. The second-order valence-electron chi connectivity index (χ2n) is 5.03. The molecule has 0 heterocycles. The zero-order valence-electron chi connectivity index (χ0n) is 11.6. The minimum absolute atomic E-state index is 0.00745. The number of aromatic hydroxyl groups is 1. The van der Waals surface area contributed by atoms with E-state index in [9.17, 15) is 9.90 Å². The number of nitrogens with zero attached hydrogens (tertiary/aromatic N) is 1. The van der Waals surface area contributed by atoms with Crippen molar-refractivity contribution in [3.05, 3.63) is 23.8 Å². The predicted molar refractivity (Wildman–Crippen MR) is 73.6 cm³/mol. The monoisotopic (exact) mass is 263 g/mol. The Labute approximate surface area is 114 Å². The van der Waals surface area contributed by atoms with Gasteiger partial charge in [0.05, 0.1) is 7.11 Å². The van der Waals surface area contributed by atoms with E-state index in [4.69, 9.17) is 4.74 Å². The summed E-state index contributed by atoms with van der Waals surface area (Å²) in [5.74, 6) is 1.02. The fraction of sp³-hybridized carbons (Fsp3) is 0.533. The highest BCUT2D eigenvalue weighted by Gasteiger charge is 2.23. The number of phenolic OH excluding ortho intramolecular Hbond substituents is 1. The van der Waals surface area contributed by atoms with Gasteiger partial charge in [0.1, 0.15) is 0 Å². The molecule has 1 aromatic carbocycles. The van der Waals surface area contributed by atoms with Crippen LogP contribution in [0.4, 0.5) is 0 Å². The molecule has 1 amide bonds. The van der Waals surface area contributed by atoms with Crippen molar-refractivity contribution in [3.8, 4) is 11.5 Å². The van der Waals surface area contributed by atoms with Crippen LogP contribution >= 0.6 is 0 Å². The van der Waals surface area contributed by atoms with Crippen molar-refractivity contribution in [1.29, 1.82) is 0 Å². The van der Waals surface area contributed by atoms with Gasteiger partial charge in [-0.3, -0.25) is 4.79 Å². The molecule has 4 heteroatoms. The molecule has 1 aliphatic rings. The van der Waals surface area contributed by atoms with Crippen molar-refractivity contribution >= 4 is 5.91 Å². The number of amides is 1. The Balaban J connectivity index is 2.09. The summed E-state index contributed by atoms with van der Waals surface area (Å²) in [6.07, 6.45) is 3.72. The minimum Gasteiger partial charge on any atom is -0.504 e. The number of carbonyl (C=O) groups excluding carboxylic acids is 1. The van der Waals surface area contributed by atoms with Gasteiger partial charge in [-0.1, -0.05) is 6.42 Å². The molecule has 4 nitrogen and oxygen atoms in total. The fourth-order valence-corrected chi connectivity index (χ4v) is 2.35. The Morgan fingerprint density at radius 2 is 2.21 bits per heavy atom. The Bertz CT molecular complexity index is 455. The zero-order valence-corrected chi connectivity index (χ0v) is 11.6. The number of ether oxygens (including phenoxy) is 1. The second-order valence-corrected chi connectivity index (χ2v) is 5.03. The molecule has 0 bridgehead atoms. The van der Waals surface area contributed by atoms with Crippen molar-refractivity contribution in [2.24, 2.45) is 5.92 Å². The molecule has 1 fully saturated rings. The molecule has 0 spiro atoms. The van der Waals surface area contributed by atoms with Crippen LogP contribution in [0.3, 0.4) is 0 Å². The van der Waals surface area contributed by atoms with Gasteiger partial charge in [0, 0.05) is 18.7 Å². The zero-order chi connectivity index (χ0) is 13.8. The van der Waals surface area contributed by atoms with E-state index in [-0.39, 0.29) is 11.7 Å². The summed E-state index contributed by atoms with van der Waals surface area (Å²) in [7, 11) is 1.49. The average Bonchev–Trinajstić information content (AvgIpc) is 2.37. The maximum atomic E-state index is 12.4. The van der Waals surface area contributed by atoms with Crippen LogP contribution in [0.15, 0.2) is 18.2 Å². The third kappa shape index (κ3) is 3.00. The van der Waals surface area contributed by atoms with Gasteiger partial charge in [-0.05, 0) is 43.9 Å². The number of hydrogen-bond acceptors (Lipinski definition) is 3. The summed E-state index contributed by atoms with van der Waals surface area (Å²) in [6, 6.07) is 4.80. The number of phenols is 1. The van der Waals surface area contributed by atoms with E-state index < -0.39 is 0 Å². The van der Waals surface area contributed by atoms with Crippen molar-refractivity contribution < 1.29 is 14.6 Å². The first-order chi connectivity index (χ1) is 9.15. The second kappa shape index (κ2) is 5.95. The van der Waals surface area contributed by atoms with Crippen LogP contribution in [-0.2, 0) is 0 Å². The Morgan fingerprint density at radius 3 is 2.68 bits per heavy atom. The lowest BCUT2D eigenvalue weighted by Gasteiger charge is -2.31. The van der Waals surface area contributed by atoms with Crippen LogP contribution < -0.4 is 4.74 Å². The van der Waals surface area contributed by atoms with E-state index >= 15 is 0 Å². The summed E-state index contributed by atoms with van der Waals surface area (Å²) in [5.41, 5.74) is 0.513. The SMILES string of the molecule is CCN(CC1CCC1)C(=O)c1ccc(OC)c(O)c1. The number of carbonyl (C=O) groups is 1. The van der Waals surface area contributed by atoms with Crippen molar-refractivity contribution in [2.75, 3.05) is 20.2 Å². The van der Waals surface area contributed by atoms with Crippen LogP contribution in [0.2, 0.25) is 0 Å². The molecule has 0 aliphatic heterocycles. The van der Waals surface area contributed by atoms with Gasteiger partial charge < -0.3 is 14.7 Å². The predicted octanol–water partition coefficient (Wildman–Crippen LogP) is 2.66. The molecule has 0 atom stereocenters. The summed E-state index contributed by atoms with van der Waals surface area (Å²) >= 11 is 0. The summed E-state index contributed by atoms with van der Waals surface area (Å²) in [4.78, 5) is 14.2. The Kier molecular flexibility index (Phi) is 4.30. The summed E-state index contributed by atoms with van der Waals surface area (Å²) in [5, 5.41) is 9.74. The molecule has 19 heavy (non-hydrogen) atoms. The van der Waals surface area contributed by atoms with Gasteiger partial charge in [-0.25, -0.2) is 0 Å². The normalized spacial score (nSPS) is 14.8. The van der Waals surface area contributed by atoms with Crippen LogP contribution in [-0.4, -0.2) is 36.1 Å². The van der Waals surface area contributed by atoms with E-state index in [1.165, 1.54) is 32.4 Å². The summed E-state index contributed by atoms with van der Waals surface area (Å²) in [6.45, 7) is 3.50. The van der Waals surface area contributed by atoms with E-state index in [1.807, 2.05) is 11.8 Å². The molecule has 1 N–H and O–H groups in total. The van der Waals surface area contributed by atoms with Gasteiger partial charge in [0.25, 0.3) is 5.91 Å². The molecule has 1 aliphatic carbocycles. The molecule has 0 unspecified atom stereocenters. The van der Waals surface area contributed by atoms with E-state index in [1.54, 1.807) is 12.1 Å². The van der Waals surface area contributed by atoms with Gasteiger partial charge in [0.2, 0.25) is 0 Å². The molecule has 1 saturated carbocycles. The average molecular weight is 263 g/mol. The number of methoxy groups -OCH3 is 1. The smallest absolute Gasteiger partial charge is 0.253 e. The van der Waals surface area contributed by atoms with Gasteiger partial charge in [-0.2, -0.15) is 0 Å². The van der Waals surface area contributed by atoms with Crippen LogP contribution in [0.1, 0.15) is 36.5 Å². The molecule has 2 rings (SSSR count). The number of hydrogen-bond donors (Lipinski definition) is 1. The molecule has 0 radical (unpaired) electrons. The first kappa shape index (κ1) is 13.7.